The van der Waals surface area contributed by atoms with E-state index >= 15 is 0 Å². The van der Waals surface area contributed by atoms with Crippen molar-refractivity contribution < 1.29 is 37.1 Å². The van der Waals surface area contributed by atoms with Gasteiger partial charge in [-0.25, -0.2) is 4.79 Å². The number of benzene rings is 1. The van der Waals surface area contributed by atoms with Crippen LogP contribution in [-0.4, -0.2) is 53.6 Å². The maximum atomic E-state index is 13.8. The number of aromatic amines is 1. The van der Waals surface area contributed by atoms with Crippen molar-refractivity contribution in [2.75, 3.05) is 13.7 Å². The number of aromatic nitrogens is 2. The van der Waals surface area contributed by atoms with Gasteiger partial charge in [-0.05, 0) is 29.1 Å². The molecule has 0 aliphatic rings. The van der Waals surface area contributed by atoms with Crippen LogP contribution in [0.2, 0.25) is 0 Å². The van der Waals surface area contributed by atoms with E-state index in [-0.39, 0.29) is 11.4 Å². The van der Waals surface area contributed by atoms with Gasteiger partial charge in [-0.3, -0.25) is 19.5 Å². The third-order valence-electron chi connectivity index (χ3n) is 5.48. The molecule has 0 aliphatic carbocycles. The predicted molar refractivity (Wildman–Crippen MR) is 137 cm³/mol. The summed E-state index contributed by atoms with van der Waals surface area (Å²) in [4.78, 5) is 49.2. The number of thiophene rings is 2. The topological polar surface area (TPSA) is 142 Å². The van der Waals surface area contributed by atoms with Gasteiger partial charge < -0.3 is 20.7 Å². The number of nitrogens with zero attached hydrogens (tertiary/aromatic N) is 1. The van der Waals surface area contributed by atoms with Crippen molar-refractivity contribution in [2.45, 2.75) is 18.8 Å². The molecule has 39 heavy (non-hydrogen) atoms. The summed E-state index contributed by atoms with van der Waals surface area (Å²) in [6.45, 7) is -0.431. The number of fused-ring (bicyclic) bond motifs is 1. The quantitative estimate of drug-likeness (QED) is 0.224. The van der Waals surface area contributed by atoms with Crippen molar-refractivity contribution in [3.05, 3.63) is 73.7 Å². The van der Waals surface area contributed by atoms with Crippen LogP contribution in [0.15, 0.2) is 48.0 Å². The van der Waals surface area contributed by atoms with Gasteiger partial charge in [-0.15, -0.1) is 22.7 Å². The van der Waals surface area contributed by atoms with Crippen molar-refractivity contribution >= 4 is 57.3 Å². The smallest absolute Gasteiger partial charge is 0.418 e. The van der Waals surface area contributed by atoms with Crippen LogP contribution in [0.1, 0.15) is 40.1 Å². The molecule has 0 spiro atoms. The lowest BCUT2D eigenvalue weighted by molar-refractivity contribution is -0.142. The number of nitrogens with one attached hydrogen (secondary N) is 4. The number of esters is 1. The average molecular weight is 580 g/mol. The van der Waals surface area contributed by atoms with Gasteiger partial charge in [0.15, 0.2) is 0 Å². The molecule has 4 aromatic rings. The Hall–Kier alpha value is -4.24. The fraction of sp³-hybridized carbons (Fsp3) is 0.208. The summed E-state index contributed by atoms with van der Waals surface area (Å²) in [6.07, 6.45) is -3.40. The van der Waals surface area contributed by atoms with E-state index in [4.69, 9.17) is 0 Å². The molecule has 0 bridgehead atoms. The average Bonchev–Trinajstić information content (AvgIpc) is 3.68. The lowest BCUT2D eigenvalue weighted by Crippen LogP contribution is -2.49. The molecule has 4 rings (SSSR count). The van der Waals surface area contributed by atoms with Gasteiger partial charge in [-0.2, -0.15) is 18.3 Å². The summed E-state index contributed by atoms with van der Waals surface area (Å²) in [5.74, 6) is -3.59. The van der Waals surface area contributed by atoms with Gasteiger partial charge in [0.25, 0.3) is 17.7 Å². The second-order valence-electron chi connectivity index (χ2n) is 8.02. The first-order chi connectivity index (χ1) is 18.6. The first-order valence-corrected chi connectivity index (χ1v) is 12.9. The molecule has 0 radical (unpaired) electrons. The van der Waals surface area contributed by atoms with Crippen LogP contribution in [0.3, 0.4) is 0 Å². The van der Waals surface area contributed by atoms with Crippen LogP contribution >= 0.6 is 22.7 Å². The molecular formula is C24H20F3N5O5S2. The van der Waals surface area contributed by atoms with Crippen molar-refractivity contribution in [1.29, 1.82) is 0 Å². The number of methoxy groups -OCH3 is 1. The third kappa shape index (κ3) is 6.43. The largest absolute Gasteiger partial charge is 0.467 e. The van der Waals surface area contributed by atoms with Gasteiger partial charge in [0, 0.05) is 18.5 Å². The minimum Gasteiger partial charge on any atom is -0.467 e. The lowest BCUT2D eigenvalue weighted by Gasteiger charge is -2.17. The van der Waals surface area contributed by atoms with Gasteiger partial charge in [-0.1, -0.05) is 18.2 Å². The predicted octanol–water partition coefficient (Wildman–Crippen LogP) is 3.34. The minimum absolute atomic E-state index is 0.00480. The first-order valence-electron chi connectivity index (χ1n) is 11.2. The highest BCUT2D eigenvalue weighted by molar-refractivity contribution is 7.16. The maximum absolute atomic E-state index is 13.8. The fourth-order valence-electron chi connectivity index (χ4n) is 3.58. The Morgan fingerprint density at radius 3 is 2.51 bits per heavy atom. The fourth-order valence-corrected chi connectivity index (χ4v) is 5.22. The molecule has 10 nitrogen and oxygen atoms in total. The van der Waals surface area contributed by atoms with Crippen LogP contribution in [0.25, 0.3) is 10.9 Å². The molecule has 4 N–H and O–H groups in total. The van der Waals surface area contributed by atoms with Crippen molar-refractivity contribution in [3.8, 4) is 0 Å². The number of rotatable bonds is 9. The molecule has 1 aromatic carbocycles. The van der Waals surface area contributed by atoms with Gasteiger partial charge in [0.05, 0.1) is 34.1 Å². The second kappa shape index (κ2) is 11.7. The SMILES string of the molecule is COC(=O)[C@H](CNC(=O)c1cccs1)NC(=O)c1sc(C(=O)NCc2cccc3[nH]ncc23)cc1C(F)(F)F. The van der Waals surface area contributed by atoms with Crippen LogP contribution in [0.5, 0.6) is 0 Å². The standard InChI is InChI=1S/C24H20F3N5O5S2/c1-37-23(36)16(11-29-20(33)17-6-3-7-38-17)31-22(35)19-14(24(25,26)27)8-18(39-19)21(34)28-9-12-4-2-5-15-13(12)10-30-32-15/h2-8,10,16H,9,11H2,1H3,(H,28,34)(H,29,33)(H,30,32)(H,31,35)/t16-/m0/s1. The summed E-state index contributed by atoms with van der Waals surface area (Å²) < 4.78 is 46.0. The van der Waals surface area contributed by atoms with Gasteiger partial charge in [0.1, 0.15) is 10.9 Å². The van der Waals surface area contributed by atoms with Gasteiger partial charge in [0.2, 0.25) is 0 Å². The van der Waals surface area contributed by atoms with Gasteiger partial charge >= 0.3 is 12.1 Å². The first kappa shape index (κ1) is 27.8. The summed E-state index contributed by atoms with van der Waals surface area (Å²) in [5.41, 5.74) is 0.0759. The molecule has 0 fully saturated rings. The number of H-pyrrole nitrogens is 1. The van der Waals surface area contributed by atoms with Crippen LogP contribution in [0, 0.1) is 0 Å². The molecule has 3 aromatic heterocycles. The Bertz CT molecular complexity index is 1510. The zero-order valence-corrected chi connectivity index (χ0v) is 21.7. The molecule has 3 heterocycles. The van der Waals surface area contributed by atoms with E-state index in [1.807, 2.05) is 0 Å². The van der Waals surface area contributed by atoms with E-state index < -0.39 is 52.9 Å². The molecular weight excluding hydrogens is 559 g/mol. The van der Waals surface area contributed by atoms with Crippen LogP contribution in [0.4, 0.5) is 13.2 Å². The summed E-state index contributed by atoms with van der Waals surface area (Å²) in [6, 6.07) is 7.52. The maximum Gasteiger partial charge on any atom is 0.418 e. The number of ether oxygens (including phenoxy) is 1. The number of halogens is 3. The minimum atomic E-state index is -4.96. The van der Waals surface area contributed by atoms with Crippen molar-refractivity contribution in [2.24, 2.45) is 0 Å². The number of carbonyl (C=O) groups excluding carboxylic acids is 4. The molecule has 0 saturated heterocycles. The molecule has 0 unspecified atom stereocenters. The number of carbonyl (C=O) groups is 4. The molecule has 204 valence electrons. The Morgan fingerprint density at radius 2 is 1.82 bits per heavy atom. The van der Waals surface area contributed by atoms with E-state index in [0.717, 1.165) is 29.3 Å². The molecule has 1 atom stereocenters. The second-order valence-corrected chi connectivity index (χ2v) is 10.0. The number of amides is 3. The molecule has 3 amide bonds. The zero-order chi connectivity index (χ0) is 28.2. The molecule has 0 saturated carbocycles. The monoisotopic (exact) mass is 579 g/mol. The van der Waals surface area contributed by atoms with Crippen molar-refractivity contribution in [1.82, 2.24) is 26.1 Å². The number of hydrogen-bond donors (Lipinski definition) is 4. The summed E-state index contributed by atoms with van der Waals surface area (Å²) in [5, 5.41) is 16.3. The Morgan fingerprint density at radius 1 is 1.05 bits per heavy atom. The van der Waals surface area contributed by atoms with E-state index in [2.05, 4.69) is 30.9 Å². The summed E-state index contributed by atoms with van der Waals surface area (Å²) >= 11 is 1.47. The summed E-state index contributed by atoms with van der Waals surface area (Å²) in [7, 11) is 1.03. The Kier molecular flexibility index (Phi) is 8.30. The normalized spacial score (nSPS) is 12.1. The number of alkyl halides is 3. The highest BCUT2D eigenvalue weighted by atomic mass is 32.1. The Labute approximate surface area is 226 Å². The highest BCUT2D eigenvalue weighted by Gasteiger charge is 2.39. The van der Waals surface area contributed by atoms with Crippen LogP contribution in [-0.2, 0) is 22.3 Å². The molecule has 0 aliphatic heterocycles. The van der Waals surface area contributed by atoms with E-state index in [9.17, 15) is 32.3 Å². The molecule has 15 heteroatoms. The van der Waals surface area contributed by atoms with E-state index in [1.54, 1.807) is 35.8 Å². The highest BCUT2D eigenvalue weighted by Crippen LogP contribution is 2.37. The van der Waals surface area contributed by atoms with Crippen LogP contribution < -0.4 is 16.0 Å². The van der Waals surface area contributed by atoms with E-state index in [0.29, 0.717) is 27.8 Å². The zero-order valence-electron chi connectivity index (χ0n) is 20.0. The third-order valence-corrected chi connectivity index (χ3v) is 7.49. The Balaban J connectivity index is 1.50. The van der Waals surface area contributed by atoms with Crippen molar-refractivity contribution in [3.63, 3.8) is 0 Å². The number of hydrogen-bond acceptors (Lipinski definition) is 8. The van der Waals surface area contributed by atoms with E-state index in [1.165, 1.54) is 6.07 Å². The lowest BCUT2D eigenvalue weighted by atomic mass is 10.1.